The monoisotopic (exact) mass is 374 g/mol. The predicted octanol–water partition coefficient (Wildman–Crippen LogP) is 3.88. The number of fused-ring (bicyclic) bond motifs is 1. The number of halogens is 2. The number of nitrogens with one attached hydrogen (secondary N) is 1. The molecule has 142 valence electrons. The summed E-state index contributed by atoms with van der Waals surface area (Å²) in [5.41, 5.74) is 0.922. The van der Waals surface area contributed by atoms with E-state index in [4.69, 9.17) is 4.74 Å². The third kappa shape index (κ3) is 3.09. The summed E-state index contributed by atoms with van der Waals surface area (Å²) in [6.07, 6.45) is 1.24. The number of ether oxygens (including phenoxy) is 1. The minimum atomic E-state index is -2.65. The smallest absolute Gasteiger partial charge is 0.267 e. The molecule has 1 aliphatic carbocycles. The van der Waals surface area contributed by atoms with Gasteiger partial charge in [-0.15, -0.1) is 5.10 Å². The molecule has 0 saturated heterocycles. The van der Waals surface area contributed by atoms with Gasteiger partial charge in [0.15, 0.2) is 11.4 Å². The fourth-order valence-corrected chi connectivity index (χ4v) is 3.31. The number of hydrogen-bond acceptors (Lipinski definition) is 4. The van der Waals surface area contributed by atoms with Crippen LogP contribution in [0.1, 0.15) is 56.0 Å². The molecule has 3 aromatic rings. The minimum absolute atomic E-state index is 0.0764. The number of alkyl halides is 2. The summed E-state index contributed by atoms with van der Waals surface area (Å²) in [5, 5.41) is 4.65. The van der Waals surface area contributed by atoms with Gasteiger partial charge in [-0.25, -0.2) is 18.4 Å². The zero-order valence-corrected chi connectivity index (χ0v) is 15.1. The van der Waals surface area contributed by atoms with Crippen LogP contribution in [0.2, 0.25) is 0 Å². The van der Waals surface area contributed by atoms with Gasteiger partial charge in [0.1, 0.15) is 16.9 Å². The molecule has 0 unspecified atom stereocenters. The fourth-order valence-electron chi connectivity index (χ4n) is 3.31. The summed E-state index contributed by atoms with van der Waals surface area (Å²) in [5.74, 6) is 0.813. The maximum atomic E-state index is 13.9. The first-order valence-electron chi connectivity index (χ1n) is 9.10. The van der Waals surface area contributed by atoms with Crippen LogP contribution in [-0.4, -0.2) is 26.4 Å². The minimum Gasteiger partial charge on any atom is -0.491 e. The summed E-state index contributed by atoms with van der Waals surface area (Å²) in [6, 6.07) is 3.45. The molecule has 1 aromatic carbocycles. The van der Waals surface area contributed by atoms with E-state index in [2.05, 4.69) is 15.1 Å². The van der Waals surface area contributed by atoms with E-state index in [0.717, 1.165) is 12.8 Å². The van der Waals surface area contributed by atoms with E-state index in [1.54, 1.807) is 19.1 Å². The molecule has 1 fully saturated rings. The number of aromatic nitrogens is 4. The highest BCUT2D eigenvalue weighted by molar-refractivity contribution is 5.74. The molecule has 1 aliphatic rings. The topological polar surface area (TPSA) is 72.8 Å². The molecule has 0 atom stereocenters. The molecule has 0 spiro atoms. The Morgan fingerprint density at radius 2 is 2.11 bits per heavy atom. The van der Waals surface area contributed by atoms with E-state index in [9.17, 15) is 13.6 Å². The van der Waals surface area contributed by atoms with E-state index in [-0.39, 0.29) is 35.0 Å². The van der Waals surface area contributed by atoms with Crippen molar-refractivity contribution in [2.75, 3.05) is 6.61 Å². The molecular formula is C19H20F2N4O2. The van der Waals surface area contributed by atoms with Gasteiger partial charge in [-0.1, -0.05) is 13.0 Å². The van der Waals surface area contributed by atoms with Gasteiger partial charge in [0.2, 0.25) is 0 Å². The Labute approximate surface area is 154 Å². The van der Waals surface area contributed by atoms with Crippen LogP contribution < -0.4 is 10.3 Å². The lowest BCUT2D eigenvalue weighted by atomic mass is 10.0. The van der Waals surface area contributed by atoms with Crippen molar-refractivity contribution in [3.63, 3.8) is 0 Å². The van der Waals surface area contributed by atoms with Crippen LogP contribution in [0.5, 0.6) is 5.75 Å². The van der Waals surface area contributed by atoms with Gasteiger partial charge in [0, 0.05) is 12.6 Å². The molecule has 0 amide bonds. The molecule has 0 radical (unpaired) electrons. The standard InChI is InChI=1S/C19H20F2N4O2/c1-3-14-22-18-12(19(26)23-14)9-25(24-18)13-8-7-11(10-5-6-10)15(17(20)21)16(13)27-4-2/h7-10,17H,3-6H2,1-2H3,(H,22,23,24,26). The van der Waals surface area contributed by atoms with Gasteiger partial charge in [-0.3, -0.25) is 4.79 Å². The van der Waals surface area contributed by atoms with Crippen molar-refractivity contribution in [3.8, 4) is 11.4 Å². The van der Waals surface area contributed by atoms with Crippen LogP contribution in [-0.2, 0) is 6.42 Å². The summed E-state index contributed by atoms with van der Waals surface area (Å²) >= 11 is 0. The molecule has 4 rings (SSSR count). The van der Waals surface area contributed by atoms with E-state index in [1.807, 2.05) is 6.92 Å². The highest BCUT2D eigenvalue weighted by atomic mass is 19.3. The van der Waals surface area contributed by atoms with Gasteiger partial charge in [0.25, 0.3) is 12.0 Å². The first kappa shape index (κ1) is 17.6. The number of aromatic amines is 1. The molecule has 2 aromatic heterocycles. The van der Waals surface area contributed by atoms with Crippen molar-refractivity contribution in [3.05, 3.63) is 45.6 Å². The van der Waals surface area contributed by atoms with E-state index in [1.165, 1.54) is 10.9 Å². The zero-order valence-electron chi connectivity index (χ0n) is 15.1. The lowest BCUT2D eigenvalue weighted by Gasteiger charge is -2.18. The highest BCUT2D eigenvalue weighted by Crippen LogP contribution is 2.48. The Hall–Kier alpha value is -2.77. The van der Waals surface area contributed by atoms with Crippen LogP contribution >= 0.6 is 0 Å². The molecule has 0 bridgehead atoms. The van der Waals surface area contributed by atoms with Gasteiger partial charge >= 0.3 is 0 Å². The lowest BCUT2D eigenvalue weighted by molar-refractivity contribution is 0.144. The van der Waals surface area contributed by atoms with Crippen molar-refractivity contribution in [1.29, 1.82) is 0 Å². The van der Waals surface area contributed by atoms with Crippen molar-refractivity contribution in [2.45, 2.75) is 45.5 Å². The zero-order chi connectivity index (χ0) is 19.1. The molecular weight excluding hydrogens is 354 g/mol. The van der Waals surface area contributed by atoms with Gasteiger partial charge in [-0.2, -0.15) is 0 Å². The van der Waals surface area contributed by atoms with E-state index < -0.39 is 6.43 Å². The van der Waals surface area contributed by atoms with E-state index >= 15 is 0 Å². The Bertz CT molecular complexity index is 1050. The fraction of sp³-hybridized carbons (Fsp3) is 0.421. The number of rotatable bonds is 6. The Morgan fingerprint density at radius 3 is 2.74 bits per heavy atom. The van der Waals surface area contributed by atoms with Crippen LogP contribution in [0.25, 0.3) is 16.7 Å². The summed E-state index contributed by atoms with van der Waals surface area (Å²) in [6.45, 7) is 3.88. The maximum Gasteiger partial charge on any atom is 0.267 e. The average Bonchev–Trinajstić information content (AvgIpc) is 3.40. The second-order valence-electron chi connectivity index (χ2n) is 6.60. The van der Waals surface area contributed by atoms with Crippen LogP contribution in [0.4, 0.5) is 8.78 Å². The third-order valence-corrected chi connectivity index (χ3v) is 4.75. The number of H-pyrrole nitrogens is 1. The first-order valence-corrected chi connectivity index (χ1v) is 9.10. The maximum absolute atomic E-state index is 13.9. The van der Waals surface area contributed by atoms with Gasteiger partial charge < -0.3 is 9.72 Å². The number of aryl methyl sites for hydroxylation is 1. The third-order valence-electron chi connectivity index (χ3n) is 4.75. The summed E-state index contributed by atoms with van der Waals surface area (Å²) in [4.78, 5) is 19.2. The first-order chi connectivity index (χ1) is 13.0. The molecule has 6 nitrogen and oxygen atoms in total. The van der Waals surface area contributed by atoms with Crippen molar-refractivity contribution in [2.24, 2.45) is 0 Å². The molecule has 1 saturated carbocycles. The average molecular weight is 374 g/mol. The molecule has 8 heteroatoms. The van der Waals surface area contributed by atoms with Crippen molar-refractivity contribution >= 4 is 11.0 Å². The van der Waals surface area contributed by atoms with Crippen LogP contribution in [0.3, 0.4) is 0 Å². The van der Waals surface area contributed by atoms with Crippen LogP contribution in [0.15, 0.2) is 23.1 Å². The van der Waals surface area contributed by atoms with Gasteiger partial charge in [-0.05, 0) is 37.3 Å². The Kier molecular flexibility index (Phi) is 4.41. The second kappa shape index (κ2) is 6.75. The highest BCUT2D eigenvalue weighted by Gasteiger charge is 2.32. The number of hydrogen-bond donors (Lipinski definition) is 1. The molecule has 2 heterocycles. The molecule has 0 aliphatic heterocycles. The van der Waals surface area contributed by atoms with Crippen molar-refractivity contribution < 1.29 is 13.5 Å². The largest absolute Gasteiger partial charge is 0.491 e. The van der Waals surface area contributed by atoms with E-state index in [0.29, 0.717) is 28.9 Å². The molecule has 1 N–H and O–H groups in total. The van der Waals surface area contributed by atoms with Gasteiger partial charge in [0.05, 0.1) is 12.2 Å². The normalized spacial score (nSPS) is 14.3. The summed E-state index contributed by atoms with van der Waals surface area (Å²) in [7, 11) is 0. The van der Waals surface area contributed by atoms with Crippen LogP contribution in [0, 0.1) is 0 Å². The second-order valence-corrected chi connectivity index (χ2v) is 6.60. The predicted molar refractivity (Wildman–Crippen MR) is 97.0 cm³/mol. The number of benzene rings is 1. The molecule has 27 heavy (non-hydrogen) atoms. The Morgan fingerprint density at radius 1 is 1.33 bits per heavy atom. The SMILES string of the molecule is CCOc1c(-n2cc3c(=O)[nH]c(CC)nc3n2)ccc(C2CC2)c1C(F)F. The lowest BCUT2D eigenvalue weighted by Crippen LogP contribution is -2.10. The quantitative estimate of drug-likeness (QED) is 0.711. The number of nitrogens with zero attached hydrogens (tertiary/aromatic N) is 3. The van der Waals surface area contributed by atoms with Crippen molar-refractivity contribution in [1.82, 2.24) is 19.7 Å². The summed E-state index contributed by atoms with van der Waals surface area (Å²) < 4.78 is 34.8. The Balaban J connectivity index is 1.93.